The average molecular weight is 385 g/mol. The number of nitrogens with zero attached hydrogens (tertiary/aromatic N) is 1. The van der Waals surface area contributed by atoms with Gasteiger partial charge in [-0.3, -0.25) is 0 Å². The fourth-order valence-electron chi connectivity index (χ4n) is 1.79. The maximum atomic E-state index is 9.13. The van der Waals surface area contributed by atoms with Crippen LogP contribution in [0.1, 0.15) is 39.2 Å². The molecule has 3 heteroatoms. The van der Waals surface area contributed by atoms with Crippen LogP contribution in [0, 0.1) is 17.2 Å². The van der Waals surface area contributed by atoms with Crippen molar-refractivity contribution in [3.05, 3.63) is 35.2 Å². The first-order valence-corrected chi connectivity index (χ1v) is 8.59. The van der Waals surface area contributed by atoms with Crippen LogP contribution >= 0.6 is 33.9 Å². The highest BCUT2D eigenvalue weighted by Crippen LogP contribution is 2.28. The van der Waals surface area contributed by atoms with Crippen LogP contribution in [0.15, 0.2) is 29.6 Å². The van der Waals surface area contributed by atoms with Crippen LogP contribution in [0.3, 0.4) is 0 Å². The summed E-state index contributed by atoms with van der Waals surface area (Å²) >= 11 is 4.08. The molecule has 1 heterocycles. The summed E-state index contributed by atoms with van der Waals surface area (Å²) in [5, 5.41) is 12.5. The van der Waals surface area contributed by atoms with Crippen molar-refractivity contribution < 1.29 is 0 Å². The summed E-state index contributed by atoms with van der Waals surface area (Å²) in [6.07, 6.45) is 0. The minimum Gasteiger partial charge on any atom is -0.198 e. The molecule has 0 fully saturated rings. The molecule has 0 aliphatic heterocycles. The van der Waals surface area contributed by atoms with E-state index in [1.165, 1.54) is 10.1 Å². The van der Waals surface area contributed by atoms with E-state index in [0.717, 1.165) is 9.49 Å². The van der Waals surface area contributed by atoms with Crippen molar-refractivity contribution in [2.24, 2.45) is 5.92 Å². The predicted molar refractivity (Wildman–Crippen MR) is 94.2 cm³/mol. The van der Waals surface area contributed by atoms with Gasteiger partial charge < -0.3 is 0 Å². The Morgan fingerprint density at radius 3 is 2.32 bits per heavy atom. The second-order valence-corrected chi connectivity index (χ2v) is 8.52. The second kappa shape index (κ2) is 7.86. The normalized spacial score (nSPS) is 12.1. The Morgan fingerprint density at radius 1 is 1.16 bits per heavy atom. The molecule has 0 aliphatic carbocycles. The Hall–Kier alpha value is -0.600. The van der Waals surface area contributed by atoms with E-state index in [9.17, 15) is 0 Å². The number of rotatable bonds is 2. The van der Waals surface area contributed by atoms with Crippen molar-refractivity contribution in [2.45, 2.75) is 37.5 Å². The first kappa shape index (κ1) is 16.5. The molecule has 0 spiro atoms. The average Bonchev–Trinajstić information content (AvgIpc) is 2.75. The molecular weight excluding hydrogens is 365 g/mol. The standard InChI is InChI=1S/C13H13NS.C3H7I/c1-9(2)12(8-14)10-3-4-13-11(7-10)5-6-15-13;1-3(2)4/h3-7,9,12H,1-2H3;3H,1-2H3. The Balaban J connectivity index is 0.000000399. The van der Waals surface area contributed by atoms with Gasteiger partial charge in [0.1, 0.15) is 0 Å². The van der Waals surface area contributed by atoms with E-state index in [-0.39, 0.29) is 5.92 Å². The van der Waals surface area contributed by atoms with E-state index in [1.807, 2.05) is 0 Å². The smallest absolute Gasteiger partial charge is 0.0735 e. The topological polar surface area (TPSA) is 23.8 Å². The quantitative estimate of drug-likeness (QED) is 0.460. The number of benzene rings is 1. The van der Waals surface area contributed by atoms with E-state index < -0.39 is 0 Å². The van der Waals surface area contributed by atoms with E-state index in [1.54, 1.807) is 11.3 Å². The summed E-state index contributed by atoms with van der Waals surface area (Å²) in [5.41, 5.74) is 1.14. The zero-order chi connectivity index (χ0) is 14.4. The molecule has 19 heavy (non-hydrogen) atoms. The fourth-order valence-corrected chi connectivity index (χ4v) is 2.56. The van der Waals surface area contributed by atoms with Gasteiger partial charge in [0, 0.05) is 8.62 Å². The predicted octanol–water partition coefficient (Wildman–Crippen LogP) is 5.99. The SMILES string of the molecule is CC(C)C(C#N)c1ccc2sccc2c1.CC(C)I. The fraction of sp³-hybridized carbons (Fsp3) is 0.438. The molecule has 1 nitrogen and oxygen atoms in total. The molecule has 1 aromatic heterocycles. The zero-order valence-corrected chi connectivity index (χ0v) is 14.8. The van der Waals surface area contributed by atoms with Gasteiger partial charge in [0.05, 0.1) is 12.0 Å². The molecule has 0 amide bonds. The molecular formula is C16H20INS. The first-order chi connectivity index (χ1) is 8.95. The van der Waals surface area contributed by atoms with Gasteiger partial charge in [-0.1, -0.05) is 56.4 Å². The van der Waals surface area contributed by atoms with Gasteiger partial charge >= 0.3 is 0 Å². The van der Waals surface area contributed by atoms with Gasteiger partial charge in [0.2, 0.25) is 0 Å². The summed E-state index contributed by atoms with van der Waals surface area (Å²) < 4.78 is 2.09. The number of thiophene rings is 1. The molecule has 1 aromatic carbocycles. The van der Waals surface area contributed by atoms with Gasteiger partial charge in [-0.25, -0.2) is 0 Å². The summed E-state index contributed by atoms with van der Waals surface area (Å²) in [5.74, 6) is 0.375. The Morgan fingerprint density at radius 2 is 1.79 bits per heavy atom. The molecule has 1 unspecified atom stereocenters. The second-order valence-electron chi connectivity index (χ2n) is 5.08. The number of halogens is 1. The molecule has 0 N–H and O–H groups in total. The number of hydrogen-bond acceptors (Lipinski definition) is 2. The lowest BCUT2D eigenvalue weighted by Crippen LogP contribution is -2.03. The van der Waals surface area contributed by atoms with Gasteiger partial charge in [-0.05, 0) is 40.4 Å². The summed E-state index contributed by atoms with van der Waals surface area (Å²) in [7, 11) is 0. The van der Waals surface area contributed by atoms with Crippen molar-refractivity contribution in [1.82, 2.24) is 0 Å². The van der Waals surface area contributed by atoms with Gasteiger partial charge in [0.25, 0.3) is 0 Å². The Kier molecular flexibility index (Phi) is 6.81. The van der Waals surface area contributed by atoms with Crippen molar-refractivity contribution in [3.63, 3.8) is 0 Å². The van der Waals surface area contributed by atoms with Crippen LogP contribution < -0.4 is 0 Å². The molecule has 102 valence electrons. The third kappa shape index (κ3) is 5.12. The number of fused-ring (bicyclic) bond motifs is 1. The molecule has 0 saturated heterocycles. The lowest BCUT2D eigenvalue weighted by atomic mass is 9.89. The van der Waals surface area contributed by atoms with Crippen LogP contribution in [0.25, 0.3) is 10.1 Å². The minimum absolute atomic E-state index is 0.00861. The number of alkyl halides is 1. The van der Waals surface area contributed by atoms with Crippen LogP contribution in [0.4, 0.5) is 0 Å². The van der Waals surface area contributed by atoms with Gasteiger partial charge in [0.15, 0.2) is 0 Å². The van der Waals surface area contributed by atoms with Crippen LogP contribution in [0.5, 0.6) is 0 Å². The monoisotopic (exact) mass is 385 g/mol. The largest absolute Gasteiger partial charge is 0.198 e. The van der Waals surface area contributed by atoms with Crippen LogP contribution in [-0.4, -0.2) is 3.92 Å². The molecule has 0 bridgehead atoms. The summed E-state index contributed by atoms with van der Waals surface area (Å²) in [4.78, 5) is 0. The minimum atomic E-state index is 0.00861. The van der Waals surface area contributed by atoms with Crippen molar-refractivity contribution >= 4 is 44.0 Å². The Labute approximate surface area is 133 Å². The lowest BCUT2D eigenvalue weighted by Gasteiger charge is -2.13. The number of nitriles is 1. The molecule has 2 aromatic rings. The zero-order valence-electron chi connectivity index (χ0n) is 11.9. The maximum Gasteiger partial charge on any atom is 0.0735 e. The molecule has 2 rings (SSSR count). The number of hydrogen-bond donors (Lipinski definition) is 0. The van der Waals surface area contributed by atoms with E-state index >= 15 is 0 Å². The molecule has 0 aliphatic rings. The van der Waals surface area contributed by atoms with Crippen LogP contribution in [0.2, 0.25) is 0 Å². The highest BCUT2D eigenvalue weighted by Gasteiger charge is 2.15. The summed E-state index contributed by atoms with van der Waals surface area (Å²) in [6.45, 7) is 8.48. The third-order valence-corrected chi connectivity index (χ3v) is 3.54. The van der Waals surface area contributed by atoms with Crippen molar-refractivity contribution in [2.75, 3.05) is 0 Å². The lowest BCUT2D eigenvalue weighted by molar-refractivity contribution is 0.588. The molecule has 0 radical (unpaired) electrons. The highest BCUT2D eigenvalue weighted by atomic mass is 127. The third-order valence-electron chi connectivity index (χ3n) is 2.64. The van der Waals surface area contributed by atoms with Crippen LogP contribution in [-0.2, 0) is 0 Å². The first-order valence-electron chi connectivity index (χ1n) is 6.46. The van der Waals surface area contributed by atoms with E-state index in [2.05, 4.69) is 86.0 Å². The maximum absolute atomic E-state index is 9.13. The highest BCUT2D eigenvalue weighted by molar-refractivity contribution is 14.1. The summed E-state index contributed by atoms with van der Waals surface area (Å²) in [6, 6.07) is 10.8. The Bertz CT molecular complexity index is 548. The molecule has 0 saturated carbocycles. The van der Waals surface area contributed by atoms with E-state index in [0.29, 0.717) is 5.92 Å². The van der Waals surface area contributed by atoms with Gasteiger partial charge in [-0.15, -0.1) is 11.3 Å². The van der Waals surface area contributed by atoms with Gasteiger partial charge in [-0.2, -0.15) is 5.26 Å². The van der Waals surface area contributed by atoms with E-state index in [4.69, 9.17) is 5.26 Å². The molecule has 1 atom stereocenters. The van der Waals surface area contributed by atoms with Crippen molar-refractivity contribution in [3.8, 4) is 6.07 Å². The van der Waals surface area contributed by atoms with Crippen molar-refractivity contribution in [1.29, 1.82) is 5.26 Å².